The predicted molar refractivity (Wildman–Crippen MR) is 124 cm³/mol. The predicted octanol–water partition coefficient (Wildman–Crippen LogP) is 3.90. The van der Waals surface area contributed by atoms with Crippen LogP contribution in [0.1, 0.15) is 12.8 Å². The molecular formula is C24H26N2O5S. The number of nitrogens with one attached hydrogen (secondary N) is 1. The standard InChI is InChI=1S/C24H26N2O5S/c1-30-22-12-10-20(15-23(22)31-2)25-24(27)19-8-5-13-26(16-19)32(28,29)21-11-9-17-6-3-4-7-18(17)14-21/h3-4,6-7,9-12,14-15,19H,5,8,13,16H2,1-2H3,(H,25,27)/t19-/m1/s1. The van der Waals surface area contributed by atoms with Gasteiger partial charge < -0.3 is 14.8 Å². The molecule has 8 heteroatoms. The first-order valence-corrected chi connectivity index (χ1v) is 11.9. The number of rotatable bonds is 6. The molecular weight excluding hydrogens is 428 g/mol. The Bertz CT molecular complexity index is 1240. The van der Waals surface area contributed by atoms with Crippen LogP contribution < -0.4 is 14.8 Å². The van der Waals surface area contributed by atoms with E-state index >= 15 is 0 Å². The maximum atomic E-state index is 13.3. The summed E-state index contributed by atoms with van der Waals surface area (Å²) in [7, 11) is -0.623. The van der Waals surface area contributed by atoms with Crippen molar-refractivity contribution in [3.8, 4) is 11.5 Å². The third kappa shape index (κ3) is 4.42. The van der Waals surface area contributed by atoms with Crippen LogP contribution in [0.2, 0.25) is 0 Å². The smallest absolute Gasteiger partial charge is 0.243 e. The summed E-state index contributed by atoms with van der Waals surface area (Å²) in [5.41, 5.74) is 0.571. The second kappa shape index (κ2) is 9.18. The number of carbonyl (C=O) groups is 1. The third-order valence-corrected chi connectivity index (χ3v) is 7.63. The zero-order chi connectivity index (χ0) is 22.7. The van der Waals surface area contributed by atoms with Crippen molar-refractivity contribution in [2.45, 2.75) is 17.7 Å². The molecule has 0 aromatic heterocycles. The van der Waals surface area contributed by atoms with Gasteiger partial charge in [0.05, 0.1) is 25.0 Å². The van der Waals surface area contributed by atoms with Gasteiger partial charge in [0.15, 0.2) is 11.5 Å². The SMILES string of the molecule is COc1ccc(NC(=O)[C@@H]2CCCN(S(=O)(=O)c3ccc4ccccc4c3)C2)cc1OC. The molecule has 0 saturated carbocycles. The van der Waals surface area contributed by atoms with Crippen LogP contribution in [0.3, 0.4) is 0 Å². The lowest BCUT2D eigenvalue weighted by molar-refractivity contribution is -0.120. The van der Waals surface area contributed by atoms with E-state index in [4.69, 9.17) is 9.47 Å². The number of methoxy groups -OCH3 is 2. The highest BCUT2D eigenvalue weighted by atomic mass is 32.2. The molecule has 0 radical (unpaired) electrons. The number of hydrogen-bond acceptors (Lipinski definition) is 5. The first-order chi connectivity index (χ1) is 15.4. The molecule has 4 rings (SSSR count). The van der Waals surface area contributed by atoms with Crippen molar-refractivity contribution in [2.75, 3.05) is 32.6 Å². The summed E-state index contributed by atoms with van der Waals surface area (Å²) in [5, 5.41) is 4.73. The van der Waals surface area contributed by atoms with E-state index in [-0.39, 0.29) is 17.3 Å². The zero-order valence-corrected chi connectivity index (χ0v) is 18.9. The van der Waals surface area contributed by atoms with Crippen LogP contribution in [0.25, 0.3) is 10.8 Å². The van der Waals surface area contributed by atoms with Gasteiger partial charge in [-0.05, 0) is 47.9 Å². The lowest BCUT2D eigenvalue weighted by atomic mass is 9.98. The van der Waals surface area contributed by atoms with Gasteiger partial charge in [0, 0.05) is 24.8 Å². The van der Waals surface area contributed by atoms with Crippen molar-refractivity contribution in [3.63, 3.8) is 0 Å². The van der Waals surface area contributed by atoms with Gasteiger partial charge in [-0.3, -0.25) is 4.79 Å². The molecule has 0 spiro atoms. The molecule has 7 nitrogen and oxygen atoms in total. The van der Waals surface area contributed by atoms with Gasteiger partial charge in [0.1, 0.15) is 0 Å². The van der Waals surface area contributed by atoms with Crippen molar-refractivity contribution in [3.05, 3.63) is 60.7 Å². The lowest BCUT2D eigenvalue weighted by Gasteiger charge is -2.31. The second-order valence-electron chi connectivity index (χ2n) is 7.77. The number of hydrogen-bond donors (Lipinski definition) is 1. The van der Waals surface area contributed by atoms with Gasteiger partial charge in [-0.15, -0.1) is 0 Å². The van der Waals surface area contributed by atoms with E-state index in [0.29, 0.717) is 36.6 Å². The van der Waals surface area contributed by atoms with Crippen molar-refractivity contribution >= 4 is 32.4 Å². The fourth-order valence-electron chi connectivity index (χ4n) is 4.01. The summed E-state index contributed by atoms with van der Waals surface area (Å²) in [4.78, 5) is 13.1. The number of fused-ring (bicyclic) bond motifs is 1. The van der Waals surface area contributed by atoms with E-state index in [2.05, 4.69) is 5.32 Å². The molecule has 1 N–H and O–H groups in total. The largest absolute Gasteiger partial charge is 0.493 e. The number of anilines is 1. The number of ether oxygens (including phenoxy) is 2. The average molecular weight is 455 g/mol. The number of piperidine rings is 1. The highest BCUT2D eigenvalue weighted by Gasteiger charge is 2.33. The van der Waals surface area contributed by atoms with Gasteiger partial charge in [0.25, 0.3) is 0 Å². The van der Waals surface area contributed by atoms with Crippen LogP contribution >= 0.6 is 0 Å². The molecule has 3 aromatic carbocycles. The number of sulfonamides is 1. The van der Waals surface area contributed by atoms with Gasteiger partial charge in [-0.2, -0.15) is 4.31 Å². The molecule has 3 aromatic rings. The zero-order valence-electron chi connectivity index (χ0n) is 18.1. The Kier molecular flexibility index (Phi) is 6.34. The van der Waals surface area contributed by atoms with E-state index in [1.165, 1.54) is 11.4 Å². The van der Waals surface area contributed by atoms with Crippen molar-refractivity contribution < 1.29 is 22.7 Å². The Hall–Kier alpha value is -3.10. The molecule has 0 unspecified atom stereocenters. The Morgan fingerprint density at radius 1 is 0.969 bits per heavy atom. The van der Waals surface area contributed by atoms with E-state index in [1.54, 1.807) is 37.4 Å². The molecule has 32 heavy (non-hydrogen) atoms. The van der Waals surface area contributed by atoms with Gasteiger partial charge in [-0.1, -0.05) is 30.3 Å². The molecule has 0 aliphatic carbocycles. The molecule has 1 heterocycles. The van der Waals surface area contributed by atoms with E-state index in [0.717, 1.165) is 10.8 Å². The topological polar surface area (TPSA) is 84.9 Å². The average Bonchev–Trinajstić information content (AvgIpc) is 2.83. The summed E-state index contributed by atoms with van der Waals surface area (Å²) in [6.45, 7) is 0.545. The van der Waals surface area contributed by atoms with Crippen molar-refractivity contribution in [2.24, 2.45) is 5.92 Å². The first-order valence-electron chi connectivity index (χ1n) is 10.4. The van der Waals surface area contributed by atoms with Gasteiger partial charge in [-0.25, -0.2) is 8.42 Å². The summed E-state index contributed by atoms with van der Waals surface area (Å²) >= 11 is 0. The van der Waals surface area contributed by atoms with Crippen molar-refractivity contribution in [1.29, 1.82) is 0 Å². The Labute approximate surface area is 188 Å². The molecule has 1 fully saturated rings. The van der Waals surface area contributed by atoms with Crippen LogP contribution in [0.4, 0.5) is 5.69 Å². The van der Waals surface area contributed by atoms with Crippen LogP contribution in [0.5, 0.6) is 11.5 Å². The normalized spacial score (nSPS) is 17.1. The minimum atomic E-state index is -3.70. The number of benzene rings is 3. The van der Waals surface area contributed by atoms with Crippen LogP contribution in [-0.2, 0) is 14.8 Å². The molecule has 1 aliphatic rings. The summed E-state index contributed by atoms with van der Waals surface area (Å²) < 4.78 is 38.5. The van der Waals surface area contributed by atoms with Gasteiger partial charge in [0.2, 0.25) is 15.9 Å². The third-order valence-electron chi connectivity index (χ3n) is 5.76. The van der Waals surface area contributed by atoms with Crippen LogP contribution in [-0.4, -0.2) is 45.9 Å². The van der Waals surface area contributed by atoms with Crippen LogP contribution in [0, 0.1) is 5.92 Å². The number of carbonyl (C=O) groups excluding carboxylic acids is 1. The van der Waals surface area contributed by atoms with E-state index < -0.39 is 15.9 Å². The summed E-state index contributed by atoms with van der Waals surface area (Å²) in [6, 6.07) is 17.9. The quantitative estimate of drug-likeness (QED) is 0.611. The minimum Gasteiger partial charge on any atom is -0.493 e. The lowest BCUT2D eigenvalue weighted by Crippen LogP contribution is -2.43. The monoisotopic (exact) mass is 454 g/mol. The molecule has 168 valence electrons. The number of amides is 1. The Morgan fingerprint density at radius 2 is 1.72 bits per heavy atom. The maximum Gasteiger partial charge on any atom is 0.243 e. The maximum absolute atomic E-state index is 13.3. The minimum absolute atomic E-state index is 0.147. The Morgan fingerprint density at radius 3 is 2.47 bits per heavy atom. The summed E-state index contributed by atoms with van der Waals surface area (Å²) in [5.74, 6) is 0.424. The van der Waals surface area contributed by atoms with E-state index in [9.17, 15) is 13.2 Å². The second-order valence-corrected chi connectivity index (χ2v) is 9.71. The molecule has 0 bridgehead atoms. The fourth-order valence-corrected chi connectivity index (χ4v) is 5.57. The fraction of sp³-hybridized carbons (Fsp3) is 0.292. The Balaban J connectivity index is 1.50. The molecule has 1 amide bonds. The molecule has 1 atom stereocenters. The van der Waals surface area contributed by atoms with E-state index in [1.807, 2.05) is 30.3 Å². The summed E-state index contributed by atoms with van der Waals surface area (Å²) in [6.07, 6.45) is 1.25. The highest BCUT2D eigenvalue weighted by Crippen LogP contribution is 2.31. The number of nitrogens with zero attached hydrogens (tertiary/aromatic N) is 1. The van der Waals surface area contributed by atoms with Gasteiger partial charge >= 0.3 is 0 Å². The van der Waals surface area contributed by atoms with Crippen LogP contribution in [0.15, 0.2) is 65.6 Å². The van der Waals surface area contributed by atoms with Crippen molar-refractivity contribution in [1.82, 2.24) is 4.31 Å². The molecule has 1 aliphatic heterocycles. The molecule has 1 saturated heterocycles. The highest BCUT2D eigenvalue weighted by molar-refractivity contribution is 7.89. The first kappa shape index (κ1) is 22.1.